The second kappa shape index (κ2) is 6.09. The highest BCUT2D eigenvalue weighted by Crippen LogP contribution is 2.28. The molecule has 6 heteroatoms. The Morgan fingerprint density at radius 1 is 1.47 bits per heavy atom. The van der Waals surface area contributed by atoms with Gasteiger partial charge in [0, 0.05) is 17.1 Å². The average Bonchev–Trinajstić information content (AvgIpc) is 2.83. The van der Waals surface area contributed by atoms with Crippen molar-refractivity contribution in [1.29, 1.82) is 0 Å². The second-order valence-electron chi connectivity index (χ2n) is 3.50. The minimum absolute atomic E-state index is 0.292. The topological polar surface area (TPSA) is 50.7 Å². The van der Waals surface area contributed by atoms with Crippen LogP contribution in [0.15, 0.2) is 33.1 Å². The molecule has 0 radical (unpaired) electrons. The van der Waals surface area contributed by atoms with Gasteiger partial charge in [-0.15, -0.1) is 10.2 Å². The van der Waals surface area contributed by atoms with Crippen LogP contribution >= 0.6 is 23.1 Å². The molecule has 2 aromatic rings. The van der Waals surface area contributed by atoms with Gasteiger partial charge in [-0.1, -0.05) is 30.0 Å². The van der Waals surface area contributed by atoms with Gasteiger partial charge in [-0.05, 0) is 25.6 Å². The summed E-state index contributed by atoms with van der Waals surface area (Å²) >= 11 is 3.13. The first-order valence-electron chi connectivity index (χ1n) is 5.43. The van der Waals surface area contributed by atoms with E-state index in [-0.39, 0.29) is 0 Å². The zero-order valence-electron chi connectivity index (χ0n) is 9.75. The third kappa shape index (κ3) is 3.49. The summed E-state index contributed by atoms with van der Waals surface area (Å²) in [4.78, 5) is 5.54. The molecule has 0 saturated carbocycles. The fraction of sp³-hybridized carbons (Fsp3) is 0.364. The lowest BCUT2D eigenvalue weighted by molar-refractivity contribution is 0.582. The molecular weight excluding hydrogens is 252 g/mol. The minimum Gasteiger partial charge on any atom is -0.309 e. The number of nitrogens with one attached hydrogen (secondary N) is 1. The van der Waals surface area contributed by atoms with E-state index in [9.17, 15) is 0 Å². The first-order valence-corrected chi connectivity index (χ1v) is 7.12. The summed E-state index contributed by atoms with van der Waals surface area (Å²) in [5, 5.41) is 11.1. The van der Waals surface area contributed by atoms with Gasteiger partial charge in [0.2, 0.25) is 0 Å². The molecule has 0 aromatic carbocycles. The molecule has 0 aliphatic rings. The summed E-state index contributed by atoms with van der Waals surface area (Å²) in [5.74, 6) is 0. The molecule has 2 aromatic heterocycles. The van der Waals surface area contributed by atoms with Crippen LogP contribution < -0.4 is 5.32 Å². The summed E-state index contributed by atoms with van der Waals surface area (Å²) in [6.07, 6.45) is 1.88. The van der Waals surface area contributed by atoms with E-state index in [4.69, 9.17) is 0 Å². The van der Waals surface area contributed by atoms with Crippen molar-refractivity contribution < 1.29 is 0 Å². The first kappa shape index (κ1) is 12.5. The number of pyridine rings is 1. The highest BCUT2D eigenvalue weighted by molar-refractivity contribution is 8.01. The molecule has 1 unspecified atom stereocenters. The molecule has 2 rings (SSSR count). The van der Waals surface area contributed by atoms with E-state index in [0.717, 1.165) is 21.5 Å². The van der Waals surface area contributed by atoms with Crippen molar-refractivity contribution in [3.63, 3.8) is 0 Å². The molecule has 0 fully saturated rings. The van der Waals surface area contributed by atoms with Gasteiger partial charge in [0.15, 0.2) is 4.34 Å². The largest absolute Gasteiger partial charge is 0.309 e. The second-order valence-corrected chi connectivity index (χ2v) is 5.66. The zero-order chi connectivity index (χ0) is 12.1. The van der Waals surface area contributed by atoms with Crippen LogP contribution in [0.5, 0.6) is 0 Å². The maximum absolute atomic E-state index is 4.45. The van der Waals surface area contributed by atoms with E-state index < -0.39 is 0 Å². The smallest absolute Gasteiger partial charge is 0.178 e. The molecule has 0 saturated heterocycles. The molecule has 90 valence electrons. The Balaban J connectivity index is 2.02. The predicted molar refractivity (Wildman–Crippen MR) is 70.4 cm³/mol. The number of rotatable bonds is 5. The third-order valence-electron chi connectivity index (χ3n) is 2.26. The van der Waals surface area contributed by atoms with E-state index in [1.165, 1.54) is 11.3 Å². The summed E-state index contributed by atoms with van der Waals surface area (Å²) in [6, 6.07) is 4.42. The van der Waals surface area contributed by atoms with Crippen molar-refractivity contribution in [3.05, 3.63) is 29.5 Å². The normalized spacial score (nSPS) is 12.6. The molecule has 0 aliphatic carbocycles. The molecule has 1 N–H and O–H groups in total. The fourth-order valence-corrected chi connectivity index (χ4v) is 2.85. The Hall–Kier alpha value is -0.980. The molecule has 17 heavy (non-hydrogen) atoms. The number of hydrogen-bond donors (Lipinski definition) is 1. The Morgan fingerprint density at radius 2 is 2.35 bits per heavy atom. The summed E-state index contributed by atoms with van der Waals surface area (Å²) < 4.78 is 0.944. The Bertz CT molecular complexity index is 441. The van der Waals surface area contributed by atoms with Crippen LogP contribution in [0, 0.1) is 0 Å². The van der Waals surface area contributed by atoms with Crippen LogP contribution in [0.1, 0.15) is 25.6 Å². The van der Waals surface area contributed by atoms with E-state index >= 15 is 0 Å². The van der Waals surface area contributed by atoms with Gasteiger partial charge in [0.1, 0.15) is 5.51 Å². The minimum atomic E-state index is 0.292. The molecule has 0 aliphatic heterocycles. The molecule has 0 spiro atoms. The number of hydrogen-bond acceptors (Lipinski definition) is 6. The molecule has 2 heterocycles. The fourth-order valence-electron chi connectivity index (χ4n) is 1.43. The number of aromatic nitrogens is 3. The third-order valence-corrected chi connectivity index (χ3v) is 4.01. The summed E-state index contributed by atoms with van der Waals surface area (Å²) in [5.41, 5.74) is 2.80. The SMILES string of the molecule is CCNC(C)c1ccc(Sc2nncs2)cn1. The van der Waals surface area contributed by atoms with Crippen molar-refractivity contribution >= 4 is 23.1 Å². The van der Waals surface area contributed by atoms with E-state index in [2.05, 4.69) is 46.5 Å². The lowest BCUT2D eigenvalue weighted by Crippen LogP contribution is -2.18. The first-order chi connectivity index (χ1) is 8.29. The monoisotopic (exact) mass is 266 g/mol. The van der Waals surface area contributed by atoms with Gasteiger partial charge in [-0.3, -0.25) is 4.98 Å². The van der Waals surface area contributed by atoms with Crippen LogP contribution in [-0.4, -0.2) is 21.7 Å². The van der Waals surface area contributed by atoms with Gasteiger partial charge in [0.25, 0.3) is 0 Å². The quantitative estimate of drug-likeness (QED) is 0.902. The van der Waals surface area contributed by atoms with Gasteiger partial charge >= 0.3 is 0 Å². The lowest BCUT2D eigenvalue weighted by atomic mass is 10.2. The van der Waals surface area contributed by atoms with Crippen LogP contribution in [0.3, 0.4) is 0 Å². The lowest BCUT2D eigenvalue weighted by Gasteiger charge is -2.11. The molecule has 0 amide bonds. The molecular formula is C11H14N4S2. The standard InChI is InChI=1S/C11H14N4S2/c1-3-12-8(2)10-5-4-9(6-13-10)17-11-15-14-7-16-11/h4-8,12H,3H2,1-2H3. The molecule has 1 atom stereocenters. The van der Waals surface area contributed by atoms with E-state index in [1.54, 1.807) is 17.3 Å². The van der Waals surface area contributed by atoms with Crippen LogP contribution in [0.2, 0.25) is 0 Å². The van der Waals surface area contributed by atoms with Crippen molar-refractivity contribution in [3.8, 4) is 0 Å². The van der Waals surface area contributed by atoms with Crippen molar-refractivity contribution in [1.82, 2.24) is 20.5 Å². The Labute approximate surface area is 109 Å². The highest BCUT2D eigenvalue weighted by Gasteiger charge is 2.06. The summed E-state index contributed by atoms with van der Waals surface area (Å²) in [6.45, 7) is 5.16. The maximum Gasteiger partial charge on any atom is 0.178 e. The average molecular weight is 266 g/mol. The van der Waals surface area contributed by atoms with Crippen molar-refractivity contribution in [2.75, 3.05) is 6.54 Å². The van der Waals surface area contributed by atoms with Gasteiger partial charge in [-0.25, -0.2) is 0 Å². The maximum atomic E-state index is 4.45. The molecule has 0 bridgehead atoms. The number of nitrogens with zero attached hydrogens (tertiary/aromatic N) is 3. The van der Waals surface area contributed by atoms with Gasteiger partial charge in [-0.2, -0.15) is 0 Å². The predicted octanol–water partition coefficient (Wildman–Crippen LogP) is 2.75. The Kier molecular flexibility index (Phi) is 4.47. The van der Waals surface area contributed by atoms with Crippen LogP contribution in [0.4, 0.5) is 0 Å². The van der Waals surface area contributed by atoms with E-state index in [0.29, 0.717) is 6.04 Å². The van der Waals surface area contributed by atoms with Crippen molar-refractivity contribution in [2.45, 2.75) is 29.1 Å². The van der Waals surface area contributed by atoms with Crippen LogP contribution in [0.25, 0.3) is 0 Å². The molecule has 4 nitrogen and oxygen atoms in total. The summed E-state index contributed by atoms with van der Waals surface area (Å²) in [7, 11) is 0. The van der Waals surface area contributed by atoms with Crippen LogP contribution in [-0.2, 0) is 0 Å². The van der Waals surface area contributed by atoms with E-state index in [1.807, 2.05) is 6.20 Å². The van der Waals surface area contributed by atoms with Gasteiger partial charge < -0.3 is 5.32 Å². The zero-order valence-corrected chi connectivity index (χ0v) is 11.4. The highest BCUT2D eigenvalue weighted by atomic mass is 32.2. The van der Waals surface area contributed by atoms with Gasteiger partial charge in [0.05, 0.1) is 5.69 Å². The Morgan fingerprint density at radius 3 is 2.94 bits per heavy atom. The van der Waals surface area contributed by atoms with Crippen molar-refractivity contribution in [2.24, 2.45) is 0 Å².